The summed E-state index contributed by atoms with van der Waals surface area (Å²) in [7, 11) is 0. The van der Waals surface area contributed by atoms with Crippen LogP contribution in [0, 0.1) is 6.92 Å². The first kappa shape index (κ1) is 21.6. The van der Waals surface area contributed by atoms with Crippen LogP contribution in [0.15, 0.2) is 35.7 Å². The molecule has 0 unspecified atom stereocenters. The summed E-state index contributed by atoms with van der Waals surface area (Å²) in [5, 5.41) is 10.6. The molecule has 0 saturated carbocycles. The Morgan fingerprint density at radius 3 is 2.84 bits per heavy atom. The lowest BCUT2D eigenvalue weighted by molar-refractivity contribution is -0.129. The zero-order chi connectivity index (χ0) is 21.8. The van der Waals surface area contributed by atoms with E-state index in [4.69, 9.17) is 4.74 Å². The number of thiazole rings is 1. The molecule has 7 heteroatoms. The minimum absolute atomic E-state index is 0.153. The number of nitrogens with zero attached hydrogens (tertiary/aromatic N) is 3. The number of aromatic amines is 1. The van der Waals surface area contributed by atoms with Crippen molar-refractivity contribution >= 4 is 17.2 Å². The quantitative estimate of drug-likeness (QED) is 0.563. The Morgan fingerprint density at radius 1 is 1.32 bits per heavy atom. The molecule has 1 saturated heterocycles. The minimum atomic E-state index is 0.153. The van der Waals surface area contributed by atoms with Gasteiger partial charge >= 0.3 is 0 Å². The number of carbonyl (C=O) groups excluding carboxylic acids is 1. The molecule has 3 aromatic rings. The number of likely N-dealkylation sites (tertiary alicyclic amines) is 1. The largest absolute Gasteiger partial charge is 0.493 e. The van der Waals surface area contributed by atoms with Gasteiger partial charge in [-0.15, -0.1) is 11.3 Å². The van der Waals surface area contributed by atoms with Crippen LogP contribution >= 0.6 is 11.3 Å². The van der Waals surface area contributed by atoms with E-state index in [0.29, 0.717) is 18.9 Å². The average molecular weight is 439 g/mol. The molecule has 1 atom stereocenters. The summed E-state index contributed by atoms with van der Waals surface area (Å²) in [4.78, 5) is 18.9. The highest BCUT2D eigenvalue weighted by Crippen LogP contribution is 2.27. The highest BCUT2D eigenvalue weighted by molar-refractivity contribution is 7.09. The first-order valence-electron chi connectivity index (χ1n) is 10.9. The van der Waals surface area contributed by atoms with Crippen LogP contribution in [0.3, 0.4) is 0 Å². The summed E-state index contributed by atoms with van der Waals surface area (Å²) in [5.41, 5.74) is 4.29. The van der Waals surface area contributed by atoms with E-state index in [2.05, 4.69) is 47.2 Å². The molecule has 1 aromatic carbocycles. The SMILES string of the molecule is Cc1nc(CC(=O)N2CC[C@H](c3cc(CCOc4ccc(C(C)C)cc4)[nH]n3)C2)cs1. The number of hydrogen-bond donors (Lipinski definition) is 1. The summed E-state index contributed by atoms with van der Waals surface area (Å²) in [6, 6.07) is 10.4. The third kappa shape index (κ3) is 5.53. The van der Waals surface area contributed by atoms with Crippen LogP contribution in [0.4, 0.5) is 0 Å². The van der Waals surface area contributed by atoms with Crippen molar-refractivity contribution in [2.75, 3.05) is 19.7 Å². The molecule has 6 nitrogen and oxygen atoms in total. The lowest BCUT2D eigenvalue weighted by Crippen LogP contribution is -2.30. The predicted molar refractivity (Wildman–Crippen MR) is 123 cm³/mol. The maximum atomic E-state index is 12.6. The zero-order valence-corrected chi connectivity index (χ0v) is 19.2. The second kappa shape index (κ2) is 9.64. The monoisotopic (exact) mass is 438 g/mol. The van der Waals surface area contributed by atoms with E-state index in [1.807, 2.05) is 29.3 Å². The van der Waals surface area contributed by atoms with Crippen LogP contribution in [0.2, 0.25) is 0 Å². The fourth-order valence-corrected chi connectivity index (χ4v) is 4.54. The van der Waals surface area contributed by atoms with E-state index >= 15 is 0 Å². The van der Waals surface area contributed by atoms with Gasteiger partial charge in [-0.25, -0.2) is 4.98 Å². The summed E-state index contributed by atoms with van der Waals surface area (Å²) in [6.45, 7) is 8.45. The number of aromatic nitrogens is 3. The first-order chi connectivity index (χ1) is 15.0. The predicted octanol–water partition coefficient (Wildman–Crippen LogP) is 4.48. The number of aryl methyl sites for hydroxylation is 1. The number of H-pyrrole nitrogens is 1. The lowest BCUT2D eigenvalue weighted by atomic mass is 10.0. The van der Waals surface area contributed by atoms with E-state index in [-0.39, 0.29) is 11.8 Å². The molecule has 1 aliphatic rings. The molecule has 0 aliphatic carbocycles. The Labute approximate surface area is 187 Å². The Hall–Kier alpha value is -2.67. The fourth-order valence-electron chi connectivity index (χ4n) is 3.93. The highest BCUT2D eigenvalue weighted by atomic mass is 32.1. The molecular formula is C24H30N4O2S. The Kier molecular flexibility index (Phi) is 6.70. The van der Waals surface area contributed by atoms with Gasteiger partial charge in [0.05, 0.1) is 29.4 Å². The molecule has 4 rings (SSSR count). The van der Waals surface area contributed by atoms with Crippen molar-refractivity contribution in [2.45, 2.75) is 51.9 Å². The van der Waals surface area contributed by atoms with E-state index in [1.165, 1.54) is 5.56 Å². The van der Waals surface area contributed by atoms with Crippen LogP contribution in [-0.4, -0.2) is 45.7 Å². The van der Waals surface area contributed by atoms with Gasteiger partial charge in [0.25, 0.3) is 0 Å². The van der Waals surface area contributed by atoms with Crippen molar-refractivity contribution in [3.8, 4) is 5.75 Å². The van der Waals surface area contributed by atoms with Crippen LogP contribution in [0.25, 0.3) is 0 Å². The number of benzene rings is 1. The number of nitrogens with one attached hydrogen (secondary N) is 1. The topological polar surface area (TPSA) is 71.1 Å². The summed E-state index contributed by atoms with van der Waals surface area (Å²) in [6.07, 6.45) is 2.11. The third-order valence-electron chi connectivity index (χ3n) is 5.80. The molecule has 0 bridgehead atoms. The van der Waals surface area contributed by atoms with Crippen LogP contribution in [-0.2, 0) is 17.6 Å². The van der Waals surface area contributed by atoms with E-state index in [1.54, 1.807) is 11.3 Å². The summed E-state index contributed by atoms with van der Waals surface area (Å²) in [5.74, 6) is 1.86. The van der Waals surface area contributed by atoms with E-state index in [9.17, 15) is 4.79 Å². The van der Waals surface area contributed by atoms with E-state index in [0.717, 1.165) is 53.8 Å². The standard InChI is InChI=1S/C24H30N4O2S/c1-16(2)18-4-6-22(7-5-18)30-11-9-20-12-23(27-26-20)19-8-10-28(14-19)24(29)13-21-15-31-17(3)25-21/h4-7,12,15-16,19H,8-11,13-14H2,1-3H3,(H,26,27)/t19-/m0/s1. The number of hydrogen-bond acceptors (Lipinski definition) is 5. The molecule has 31 heavy (non-hydrogen) atoms. The van der Waals surface area contributed by atoms with Crippen molar-refractivity contribution in [1.82, 2.24) is 20.1 Å². The minimum Gasteiger partial charge on any atom is -0.493 e. The number of amides is 1. The number of rotatable bonds is 8. The van der Waals surface area contributed by atoms with Gasteiger partial charge in [0.1, 0.15) is 5.75 Å². The molecule has 0 spiro atoms. The zero-order valence-electron chi connectivity index (χ0n) is 18.4. The van der Waals surface area contributed by atoms with Crippen molar-refractivity contribution < 1.29 is 9.53 Å². The van der Waals surface area contributed by atoms with Crippen LogP contribution in [0.1, 0.15) is 59.8 Å². The van der Waals surface area contributed by atoms with Gasteiger partial charge in [-0.05, 0) is 43.0 Å². The first-order valence-corrected chi connectivity index (χ1v) is 11.8. The Bertz CT molecular complexity index is 1010. The number of ether oxygens (including phenoxy) is 1. The Morgan fingerprint density at radius 2 is 2.13 bits per heavy atom. The summed E-state index contributed by atoms with van der Waals surface area (Å²) >= 11 is 1.59. The van der Waals surface area contributed by atoms with Crippen molar-refractivity contribution in [1.29, 1.82) is 0 Å². The molecule has 3 heterocycles. The van der Waals surface area contributed by atoms with Gasteiger partial charge in [-0.3, -0.25) is 9.89 Å². The van der Waals surface area contributed by atoms with Crippen LogP contribution in [0.5, 0.6) is 5.75 Å². The van der Waals surface area contributed by atoms with Crippen molar-refractivity contribution in [3.05, 3.63) is 63.4 Å². The van der Waals surface area contributed by atoms with Crippen molar-refractivity contribution in [2.24, 2.45) is 0 Å². The molecule has 1 fully saturated rings. The molecule has 1 aliphatic heterocycles. The van der Waals surface area contributed by atoms with Crippen LogP contribution < -0.4 is 4.74 Å². The second-order valence-electron chi connectivity index (χ2n) is 8.50. The van der Waals surface area contributed by atoms with Gasteiger partial charge in [-0.2, -0.15) is 5.10 Å². The number of carbonyl (C=O) groups is 1. The fraction of sp³-hybridized carbons (Fsp3) is 0.458. The third-order valence-corrected chi connectivity index (χ3v) is 6.62. The maximum absolute atomic E-state index is 12.6. The maximum Gasteiger partial charge on any atom is 0.228 e. The lowest BCUT2D eigenvalue weighted by Gasteiger charge is -2.15. The van der Waals surface area contributed by atoms with Gasteiger partial charge in [0.15, 0.2) is 0 Å². The smallest absolute Gasteiger partial charge is 0.228 e. The molecule has 164 valence electrons. The second-order valence-corrected chi connectivity index (χ2v) is 9.56. The van der Waals surface area contributed by atoms with Gasteiger partial charge in [0.2, 0.25) is 5.91 Å². The molecular weight excluding hydrogens is 408 g/mol. The normalized spacial score (nSPS) is 16.3. The molecule has 0 radical (unpaired) electrons. The van der Waals surface area contributed by atoms with Crippen molar-refractivity contribution in [3.63, 3.8) is 0 Å². The molecule has 2 aromatic heterocycles. The van der Waals surface area contributed by atoms with Gasteiger partial charge in [0, 0.05) is 36.5 Å². The summed E-state index contributed by atoms with van der Waals surface area (Å²) < 4.78 is 5.88. The van der Waals surface area contributed by atoms with Gasteiger partial charge < -0.3 is 9.64 Å². The average Bonchev–Trinajstić information content (AvgIpc) is 3.49. The Balaban J connectivity index is 1.24. The molecule has 1 N–H and O–H groups in total. The van der Waals surface area contributed by atoms with Gasteiger partial charge in [-0.1, -0.05) is 26.0 Å². The molecule has 1 amide bonds. The highest BCUT2D eigenvalue weighted by Gasteiger charge is 2.29. The van der Waals surface area contributed by atoms with E-state index < -0.39 is 0 Å².